The monoisotopic (exact) mass is 268 g/mol. The van der Waals surface area contributed by atoms with Crippen LogP contribution in [0, 0.1) is 11.8 Å². The lowest BCUT2D eigenvalue weighted by Gasteiger charge is -2.26. The van der Waals surface area contributed by atoms with Gasteiger partial charge in [-0.05, 0) is 41.9 Å². The van der Waals surface area contributed by atoms with Crippen molar-refractivity contribution in [3.63, 3.8) is 0 Å². The van der Waals surface area contributed by atoms with Gasteiger partial charge < -0.3 is 0 Å². The van der Waals surface area contributed by atoms with E-state index in [4.69, 9.17) is 0 Å². The molecular weight excluding hydrogens is 248 g/mol. The number of hydrogen-bond acceptors (Lipinski definition) is 0. The highest BCUT2D eigenvalue weighted by atomic mass is 79.9. The van der Waals surface area contributed by atoms with E-state index in [1.807, 2.05) is 0 Å². The van der Waals surface area contributed by atoms with Crippen LogP contribution >= 0.6 is 15.9 Å². The number of benzene rings is 1. The average Bonchev–Trinajstić information content (AvgIpc) is 2.18. The highest BCUT2D eigenvalue weighted by Crippen LogP contribution is 2.33. The second-order valence-corrected chi connectivity index (χ2v) is 5.59. The lowest BCUT2D eigenvalue weighted by atomic mass is 9.79. The van der Waals surface area contributed by atoms with Crippen LogP contribution in [0.2, 0.25) is 0 Å². The first-order chi connectivity index (χ1) is 7.06. The molecule has 0 N–H and O–H groups in total. The highest BCUT2D eigenvalue weighted by Gasteiger charge is 2.20. The van der Waals surface area contributed by atoms with Gasteiger partial charge in [-0.1, -0.05) is 55.8 Å². The number of halogens is 1. The van der Waals surface area contributed by atoms with Crippen molar-refractivity contribution < 1.29 is 0 Å². The smallest absolute Gasteiger partial charge is 0.0178 e. The van der Waals surface area contributed by atoms with E-state index in [9.17, 15) is 0 Å². The average molecular weight is 269 g/mol. The van der Waals surface area contributed by atoms with E-state index in [0.29, 0.717) is 5.92 Å². The minimum Gasteiger partial charge on any atom is -0.0648 e. The summed E-state index contributed by atoms with van der Waals surface area (Å²) in [6.07, 6.45) is 1.22. The van der Waals surface area contributed by atoms with Gasteiger partial charge in [0, 0.05) is 4.47 Å². The van der Waals surface area contributed by atoms with Gasteiger partial charge in [-0.25, -0.2) is 0 Å². The Kier molecular flexibility index (Phi) is 4.85. The van der Waals surface area contributed by atoms with E-state index in [0.717, 1.165) is 11.8 Å². The third-order valence-electron chi connectivity index (χ3n) is 3.40. The van der Waals surface area contributed by atoms with Crippen molar-refractivity contribution in [2.75, 3.05) is 0 Å². The molecule has 2 unspecified atom stereocenters. The summed E-state index contributed by atoms with van der Waals surface area (Å²) in [5, 5.41) is 0. The van der Waals surface area contributed by atoms with Crippen molar-refractivity contribution >= 4 is 15.9 Å². The lowest BCUT2D eigenvalue weighted by molar-refractivity contribution is 0.339. The second-order valence-electron chi connectivity index (χ2n) is 4.67. The van der Waals surface area contributed by atoms with Crippen molar-refractivity contribution in [3.8, 4) is 0 Å². The van der Waals surface area contributed by atoms with Gasteiger partial charge in [0.25, 0.3) is 0 Å². The molecule has 0 aromatic heterocycles. The summed E-state index contributed by atoms with van der Waals surface area (Å²) >= 11 is 3.55. The van der Waals surface area contributed by atoms with Gasteiger partial charge in [0.1, 0.15) is 0 Å². The molecule has 2 atom stereocenters. The minimum absolute atomic E-state index is 0.683. The van der Waals surface area contributed by atoms with Crippen LogP contribution in [0.4, 0.5) is 0 Å². The van der Waals surface area contributed by atoms with Gasteiger partial charge in [-0.3, -0.25) is 0 Å². The molecule has 84 valence electrons. The van der Waals surface area contributed by atoms with E-state index >= 15 is 0 Å². The summed E-state index contributed by atoms with van der Waals surface area (Å²) in [5.41, 5.74) is 1.47. The zero-order chi connectivity index (χ0) is 11.4. The molecule has 0 aliphatic rings. The molecule has 0 saturated carbocycles. The molecule has 0 saturated heterocycles. The number of hydrogen-bond donors (Lipinski definition) is 0. The fourth-order valence-corrected chi connectivity index (χ4v) is 2.53. The van der Waals surface area contributed by atoms with Crippen LogP contribution in [0.15, 0.2) is 28.7 Å². The van der Waals surface area contributed by atoms with Crippen LogP contribution in [0.3, 0.4) is 0 Å². The van der Waals surface area contributed by atoms with Crippen molar-refractivity contribution in [2.24, 2.45) is 11.8 Å². The van der Waals surface area contributed by atoms with Crippen molar-refractivity contribution in [2.45, 2.75) is 40.0 Å². The largest absolute Gasteiger partial charge is 0.0648 e. The van der Waals surface area contributed by atoms with E-state index in [2.05, 4.69) is 67.9 Å². The van der Waals surface area contributed by atoms with E-state index in [1.165, 1.54) is 16.5 Å². The Morgan fingerprint density at radius 3 is 2.33 bits per heavy atom. The third-order valence-corrected chi connectivity index (χ3v) is 3.90. The molecule has 1 heteroatoms. The zero-order valence-electron chi connectivity index (χ0n) is 10.1. The number of rotatable bonds is 4. The molecule has 0 nitrogen and oxygen atoms in total. The Balaban J connectivity index is 2.92. The third kappa shape index (κ3) is 3.34. The van der Waals surface area contributed by atoms with Gasteiger partial charge in [0.2, 0.25) is 0 Å². The molecule has 0 amide bonds. The molecule has 1 aromatic rings. The lowest BCUT2D eigenvalue weighted by Crippen LogP contribution is -2.14. The van der Waals surface area contributed by atoms with E-state index in [1.54, 1.807) is 0 Å². The Morgan fingerprint density at radius 2 is 1.87 bits per heavy atom. The Labute approximate surface area is 102 Å². The fraction of sp³-hybridized carbons (Fsp3) is 0.571. The van der Waals surface area contributed by atoms with Crippen molar-refractivity contribution in [3.05, 3.63) is 34.3 Å². The predicted molar refractivity (Wildman–Crippen MR) is 71.2 cm³/mol. The molecule has 0 spiro atoms. The van der Waals surface area contributed by atoms with E-state index in [-0.39, 0.29) is 0 Å². The molecule has 0 heterocycles. The van der Waals surface area contributed by atoms with Crippen LogP contribution in [0.5, 0.6) is 0 Å². The molecule has 0 aliphatic heterocycles. The second kappa shape index (κ2) is 5.69. The van der Waals surface area contributed by atoms with Crippen LogP contribution in [-0.4, -0.2) is 0 Å². The first-order valence-electron chi connectivity index (χ1n) is 5.81. The van der Waals surface area contributed by atoms with Crippen LogP contribution in [0.1, 0.15) is 45.6 Å². The first kappa shape index (κ1) is 12.8. The predicted octanol–water partition coefficient (Wildman–Crippen LogP) is 5.23. The molecule has 0 radical (unpaired) electrons. The molecule has 1 aromatic carbocycles. The summed E-state index contributed by atoms with van der Waals surface area (Å²) in [7, 11) is 0. The maximum atomic E-state index is 3.55. The zero-order valence-corrected chi connectivity index (χ0v) is 11.7. The Bertz CT molecular complexity index is 304. The maximum Gasteiger partial charge on any atom is 0.0178 e. The summed E-state index contributed by atoms with van der Waals surface area (Å²) in [6, 6.07) is 8.73. The van der Waals surface area contributed by atoms with E-state index < -0.39 is 0 Å². The summed E-state index contributed by atoms with van der Waals surface area (Å²) in [5.74, 6) is 2.17. The summed E-state index contributed by atoms with van der Waals surface area (Å²) in [6.45, 7) is 9.26. The SMILES string of the molecule is CCC(c1cccc(Br)c1)C(C)C(C)C. The quantitative estimate of drug-likeness (QED) is 0.701. The molecule has 0 fully saturated rings. The van der Waals surface area contributed by atoms with Gasteiger partial charge in [-0.15, -0.1) is 0 Å². The Morgan fingerprint density at radius 1 is 1.20 bits per heavy atom. The van der Waals surface area contributed by atoms with Crippen LogP contribution in [0.25, 0.3) is 0 Å². The minimum atomic E-state index is 0.683. The first-order valence-corrected chi connectivity index (χ1v) is 6.61. The summed E-state index contributed by atoms with van der Waals surface area (Å²) < 4.78 is 1.19. The fourth-order valence-electron chi connectivity index (χ4n) is 2.11. The maximum absolute atomic E-state index is 3.55. The molecule has 15 heavy (non-hydrogen) atoms. The molecule has 0 aliphatic carbocycles. The van der Waals surface area contributed by atoms with Gasteiger partial charge in [0.05, 0.1) is 0 Å². The normalized spacial score (nSPS) is 15.3. The molecular formula is C14H21Br. The van der Waals surface area contributed by atoms with Crippen LogP contribution < -0.4 is 0 Å². The standard InChI is InChI=1S/C14H21Br/c1-5-14(11(4)10(2)3)12-7-6-8-13(15)9-12/h6-11,14H,5H2,1-4H3. The van der Waals surface area contributed by atoms with Gasteiger partial charge in [0.15, 0.2) is 0 Å². The molecule has 1 rings (SSSR count). The van der Waals surface area contributed by atoms with Gasteiger partial charge >= 0.3 is 0 Å². The summed E-state index contributed by atoms with van der Waals surface area (Å²) in [4.78, 5) is 0. The Hall–Kier alpha value is -0.300. The van der Waals surface area contributed by atoms with Crippen molar-refractivity contribution in [1.29, 1.82) is 0 Å². The van der Waals surface area contributed by atoms with Crippen molar-refractivity contribution in [1.82, 2.24) is 0 Å². The topological polar surface area (TPSA) is 0 Å². The highest BCUT2D eigenvalue weighted by molar-refractivity contribution is 9.10. The van der Waals surface area contributed by atoms with Gasteiger partial charge in [-0.2, -0.15) is 0 Å². The molecule has 0 bridgehead atoms. The van der Waals surface area contributed by atoms with Crippen LogP contribution in [-0.2, 0) is 0 Å².